The summed E-state index contributed by atoms with van der Waals surface area (Å²) >= 11 is 0. The molecule has 0 radical (unpaired) electrons. The topological polar surface area (TPSA) is 21.3 Å². The lowest BCUT2D eigenvalue weighted by atomic mass is 10.0. The van der Waals surface area contributed by atoms with E-state index in [1.807, 2.05) is 6.07 Å². The molecule has 0 aliphatic rings. The standard InChI is InChI=1S/C30H47NO/c1-2-3-4-5-6-7-8-9-10-11-12-13-14-20-25-31-30-24-19-18-23-29(30)27-32-26-28-21-16-15-17-22-28/h15-19,21-24,31H,2-14,20,25-27H2,1H3. The van der Waals surface area contributed by atoms with Crippen molar-refractivity contribution >= 4 is 5.69 Å². The van der Waals surface area contributed by atoms with Crippen LogP contribution < -0.4 is 5.32 Å². The molecule has 0 aliphatic carbocycles. The first kappa shape index (κ1) is 26.5. The van der Waals surface area contributed by atoms with Crippen molar-refractivity contribution in [3.63, 3.8) is 0 Å². The normalized spacial score (nSPS) is 11.0. The Morgan fingerprint density at radius 2 is 1.09 bits per heavy atom. The van der Waals surface area contributed by atoms with Crippen LogP contribution in [-0.2, 0) is 18.0 Å². The van der Waals surface area contributed by atoms with E-state index in [4.69, 9.17) is 4.74 Å². The quantitative estimate of drug-likeness (QED) is 0.208. The van der Waals surface area contributed by atoms with Crippen molar-refractivity contribution in [2.24, 2.45) is 0 Å². The summed E-state index contributed by atoms with van der Waals surface area (Å²) in [6.45, 7) is 4.65. The van der Waals surface area contributed by atoms with Crippen molar-refractivity contribution in [1.29, 1.82) is 0 Å². The van der Waals surface area contributed by atoms with E-state index in [1.54, 1.807) is 0 Å². The minimum absolute atomic E-state index is 0.650. The summed E-state index contributed by atoms with van der Waals surface area (Å²) in [6, 6.07) is 18.9. The highest BCUT2D eigenvalue weighted by atomic mass is 16.5. The zero-order valence-electron chi connectivity index (χ0n) is 20.6. The Bertz CT molecular complexity index is 670. The molecule has 0 bridgehead atoms. The van der Waals surface area contributed by atoms with Gasteiger partial charge in [0, 0.05) is 17.8 Å². The van der Waals surface area contributed by atoms with Crippen LogP contribution in [0.15, 0.2) is 54.6 Å². The van der Waals surface area contributed by atoms with Crippen LogP contribution >= 0.6 is 0 Å². The van der Waals surface area contributed by atoms with Gasteiger partial charge in [-0.3, -0.25) is 0 Å². The van der Waals surface area contributed by atoms with Crippen LogP contribution in [0, 0.1) is 0 Å². The number of unbranched alkanes of at least 4 members (excludes halogenated alkanes) is 13. The summed E-state index contributed by atoms with van der Waals surface area (Å²) in [5, 5.41) is 3.63. The van der Waals surface area contributed by atoms with Gasteiger partial charge in [-0.2, -0.15) is 0 Å². The first-order valence-corrected chi connectivity index (χ1v) is 13.3. The molecule has 178 valence electrons. The second-order valence-electron chi connectivity index (χ2n) is 9.16. The van der Waals surface area contributed by atoms with E-state index in [1.165, 1.54) is 107 Å². The molecule has 0 amide bonds. The fraction of sp³-hybridized carbons (Fsp3) is 0.600. The summed E-state index contributed by atoms with van der Waals surface area (Å²) in [7, 11) is 0. The highest BCUT2D eigenvalue weighted by Crippen LogP contribution is 2.18. The maximum absolute atomic E-state index is 5.94. The molecule has 32 heavy (non-hydrogen) atoms. The Hall–Kier alpha value is -1.80. The molecule has 1 N–H and O–H groups in total. The number of rotatable bonds is 20. The summed E-state index contributed by atoms with van der Waals surface area (Å²) in [4.78, 5) is 0. The molecular weight excluding hydrogens is 390 g/mol. The Balaban J connectivity index is 1.44. The number of hydrogen-bond acceptors (Lipinski definition) is 2. The average molecular weight is 438 g/mol. The fourth-order valence-corrected chi connectivity index (χ4v) is 4.21. The van der Waals surface area contributed by atoms with Crippen molar-refractivity contribution in [3.8, 4) is 0 Å². The van der Waals surface area contributed by atoms with Gasteiger partial charge in [0.15, 0.2) is 0 Å². The molecule has 0 spiro atoms. The van der Waals surface area contributed by atoms with Gasteiger partial charge in [-0.15, -0.1) is 0 Å². The van der Waals surface area contributed by atoms with Crippen molar-refractivity contribution in [2.45, 2.75) is 110 Å². The molecule has 2 aromatic carbocycles. The molecule has 2 aromatic rings. The molecular formula is C30H47NO. The van der Waals surface area contributed by atoms with E-state index in [0.29, 0.717) is 13.2 Å². The summed E-state index contributed by atoms with van der Waals surface area (Å²) in [5.74, 6) is 0. The fourth-order valence-electron chi connectivity index (χ4n) is 4.21. The number of nitrogens with one attached hydrogen (secondary N) is 1. The largest absolute Gasteiger partial charge is 0.385 e. The third-order valence-electron chi connectivity index (χ3n) is 6.23. The number of para-hydroxylation sites is 1. The lowest BCUT2D eigenvalue weighted by Gasteiger charge is -2.12. The summed E-state index contributed by atoms with van der Waals surface area (Å²) < 4.78 is 5.94. The smallest absolute Gasteiger partial charge is 0.0741 e. The van der Waals surface area contributed by atoms with E-state index in [-0.39, 0.29) is 0 Å². The lowest BCUT2D eigenvalue weighted by molar-refractivity contribution is 0.107. The molecule has 0 saturated heterocycles. The molecule has 0 fully saturated rings. The molecule has 0 unspecified atom stereocenters. The Kier molecular flexibility index (Phi) is 15.5. The molecule has 2 rings (SSSR count). The Labute approximate surface area is 198 Å². The minimum Gasteiger partial charge on any atom is -0.385 e. The van der Waals surface area contributed by atoms with E-state index < -0.39 is 0 Å². The van der Waals surface area contributed by atoms with Crippen molar-refractivity contribution in [1.82, 2.24) is 0 Å². The van der Waals surface area contributed by atoms with E-state index >= 15 is 0 Å². The van der Waals surface area contributed by atoms with Crippen LogP contribution in [0.3, 0.4) is 0 Å². The summed E-state index contributed by atoms with van der Waals surface area (Å²) in [5.41, 5.74) is 3.68. The van der Waals surface area contributed by atoms with Gasteiger partial charge in [-0.1, -0.05) is 139 Å². The van der Waals surface area contributed by atoms with Gasteiger partial charge in [0.25, 0.3) is 0 Å². The predicted molar refractivity (Wildman–Crippen MR) is 140 cm³/mol. The molecule has 2 nitrogen and oxygen atoms in total. The van der Waals surface area contributed by atoms with E-state index in [2.05, 4.69) is 60.8 Å². The third kappa shape index (κ3) is 12.9. The monoisotopic (exact) mass is 437 g/mol. The lowest BCUT2D eigenvalue weighted by Crippen LogP contribution is -2.05. The van der Waals surface area contributed by atoms with Crippen LogP contribution in [0.25, 0.3) is 0 Å². The Morgan fingerprint density at radius 1 is 0.562 bits per heavy atom. The van der Waals surface area contributed by atoms with Gasteiger partial charge in [-0.05, 0) is 18.1 Å². The molecule has 0 aromatic heterocycles. The van der Waals surface area contributed by atoms with Crippen molar-refractivity contribution in [3.05, 3.63) is 65.7 Å². The SMILES string of the molecule is CCCCCCCCCCCCCCCCNc1ccccc1COCc1ccccc1. The average Bonchev–Trinajstić information content (AvgIpc) is 2.83. The van der Waals surface area contributed by atoms with E-state index in [0.717, 1.165) is 6.54 Å². The summed E-state index contributed by atoms with van der Waals surface area (Å²) in [6.07, 6.45) is 19.7. The highest BCUT2D eigenvalue weighted by Gasteiger charge is 2.02. The van der Waals surface area contributed by atoms with Gasteiger partial charge in [0.05, 0.1) is 13.2 Å². The first-order chi connectivity index (χ1) is 15.9. The second kappa shape index (κ2) is 18.7. The third-order valence-corrected chi connectivity index (χ3v) is 6.23. The number of ether oxygens (including phenoxy) is 1. The number of anilines is 1. The highest BCUT2D eigenvalue weighted by molar-refractivity contribution is 5.50. The Morgan fingerprint density at radius 3 is 1.72 bits per heavy atom. The molecule has 0 heterocycles. The maximum atomic E-state index is 5.94. The second-order valence-corrected chi connectivity index (χ2v) is 9.16. The minimum atomic E-state index is 0.650. The van der Waals surface area contributed by atoms with E-state index in [9.17, 15) is 0 Å². The maximum Gasteiger partial charge on any atom is 0.0741 e. The molecule has 0 aliphatic heterocycles. The van der Waals surface area contributed by atoms with Gasteiger partial charge in [-0.25, -0.2) is 0 Å². The van der Waals surface area contributed by atoms with Gasteiger partial charge >= 0.3 is 0 Å². The van der Waals surface area contributed by atoms with Crippen molar-refractivity contribution in [2.75, 3.05) is 11.9 Å². The van der Waals surface area contributed by atoms with Crippen molar-refractivity contribution < 1.29 is 4.74 Å². The molecule has 2 heteroatoms. The first-order valence-electron chi connectivity index (χ1n) is 13.3. The predicted octanol–water partition coefficient (Wildman–Crippen LogP) is 9.30. The van der Waals surface area contributed by atoms with Crippen LogP contribution in [0.4, 0.5) is 5.69 Å². The number of benzene rings is 2. The van der Waals surface area contributed by atoms with Gasteiger partial charge in [0.1, 0.15) is 0 Å². The number of hydrogen-bond donors (Lipinski definition) is 1. The van der Waals surface area contributed by atoms with Crippen LogP contribution in [0.5, 0.6) is 0 Å². The van der Waals surface area contributed by atoms with Crippen LogP contribution in [-0.4, -0.2) is 6.54 Å². The zero-order chi connectivity index (χ0) is 22.5. The van der Waals surface area contributed by atoms with Gasteiger partial charge in [0.2, 0.25) is 0 Å². The molecule has 0 atom stereocenters. The van der Waals surface area contributed by atoms with Crippen LogP contribution in [0.1, 0.15) is 108 Å². The van der Waals surface area contributed by atoms with Crippen LogP contribution in [0.2, 0.25) is 0 Å². The molecule has 0 saturated carbocycles. The van der Waals surface area contributed by atoms with Gasteiger partial charge < -0.3 is 10.1 Å². The zero-order valence-corrected chi connectivity index (χ0v) is 20.6.